The molecule has 0 bridgehead atoms. The molecule has 0 aliphatic heterocycles. The number of carboxylic acids is 1. The minimum Gasteiger partial charge on any atom is -0.481 e. The van der Waals surface area contributed by atoms with Crippen LogP contribution in [-0.2, 0) is 17.8 Å². The Kier molecular flexibility index (Phi) is 7.42. The van der Waals surface area contributed by atoms with E-state index < -0.39 is 30.7 Å². The van der Waals surface area contributed by atoms with Gasteiger partial charge in [0.05, 0.1) is 13.0 Å². The quantitative estimate of drug-likeness (QED) is 0.450. The molecule has 1 aromatic heterocycles. The van der Waals surface area contributed by atoms with Crippen LogP contribution in [0.1, 0.15) is 11.1 Å². The lowest BCUT2D eigenvalue weighted by Crippen LogP contribution is -2.17. The molecule has 168 valence electrons. The van der Waals surface area contributed by atoms with Gasteiger partial charge in [-0.2, -0.15) is 17.6 Å². The van der Waals surface area contributed by atoms with Crippen LogP contribution in [0.3, 0.4) is 0 Å². The molecule has 3 aromatic rings. The van der Waals surface area contributed by atoms with Crippen LogP contribution < -0.4 is 14.4 Å². The Labute approximate surface area is 179 Å². The highest BCUT2D eigenvalue weighted by Crippen LogP contribution is 2.37. The van der Waals surface area contributed by atoms with Crippen molar-refractivity contribution in [3.05, 3.63) is 72.3 Å². The van der Waals surface area contributed by atoms with Gasteiger partial charge >= 0.3 is 19.2 Å². The van der Waals surface area contributed by atoms with Crippen molar-refractivity contribution < 1.29 is 36.9 Å². The number of benzene rings is 2. The molecule has 0 fully saturated rings. The van der Waals surface area contributed by atoms with Crippen molar-refractivity contribution >= 4 is 17.3 Å². The summed E-state index contributed by atoms with van der Waals surface area (Å²) in [6.45, 7) is -6.28. The molecule has 2 aromatic carbocycles. The van der Waals surface area contributed by atoms with E-state index in [-0.39, 0.29) is 13.0 Å². The van der Waals surface area contributed by atoms with Gasteiger partial charge in [-0.1, -0.05) is 12.1 Å². The van der Waals surface area contributed by atoms with Crippen LogP contribution in [0.15, 0.2) is 61.2 Å². The summed E-state index contributed by atoms with van der Waals surface area (Å²) in [5.74, 6) is -2.09. The molecule has 0 radical (unpaired) electrons. The molecule has 32 heavy (non-hydrogen) atoms. The molecule has 0 spiro atoms. The minimum atomic E-state index is -3.25. The molecule has 0 aliphatic rings. The molecule has 0 amide bonds. The SMILES string of the molecule is O=C(O)Cc1ccc(N(Cc2cncnc2)c2ccc(OC(F)F)c(OC(F)F)c2)cc1. The van der Waals surface area contributed by atoms with E-state index in [4.69, 9.17) is 5.11 Å². The first-order chi connectivity index (χ1) is 15.3. The van der Waals surface area contributed by atoms with Crippen molar-refractivity contribution in [2.24, 2.45) is 0 Å². The second-order valence-electron chi connectivity index (χ2n) is 6.46. The Morgan fingerprint density at radius 2 is 1.47 bits per heavy atom. The van der Waals surface area contributed by atoms with Crippen LogP contribution in [0.4, 0.5) is 28.9 Å². The van der Waals surface area contributed by atoms with Crippen LogP contribution in [-0.4, -0.2) is 34.3 Å². The van der Waals surface area contributed by atoms with Gasteiger partial charge < -0.3 is 19.5 Å². The van der Waals surface area contributed by atoms with Crippen molar-refractivity contribution in [1.29, 1.82) is 0 Å². The number of nitrogens with zero attached hydrogens (tertiary/aromatic N) is 3. The summed E-state index contributed by atoms with van der Waals surface area (Å²) in [4.78, 5) is 20.5. The number of hydrogen-bond acceptors (Lipinski definition) is 6. The summed E-state index contributed by atoms with van der Waals surface area (Å²) in [5.41, 5.74) is 2.14. The maximum atomic E-state index is 12.8. The average molecular weight is 451 g/mol. The van der Waals surface area contributed by atoms with Crippen molar-refractivity contribution in [2.75, 3.05) is 4.90 Å². The highest BCUT2D eigenvalue weighted by atomic mass is 19.3. The van der Waals surface area contributed by atoms with Crippen LogP contribution in [0.25, 0.3) is 0 Å². The molecule has 0 aliphatic carbocycles. The number of carboxylic acid groups (broad SMARTS) is 1. The van der Waals surface area contributed by atoms with Crippen molar-refractivity contribution in [3.8, 4) is 11.5 Å². The van der Waals surface area contributed by atoms with Gasteiger partial charge in [0.15, 0.2) is 11.5 Å². The lowest BCUT2D eigenvalue weighted by atomic mass is 10.1. The van der Waals surface area contributed by atoms with E-state index >= 15 is 0 Å². The summed E-state index contributed by atoms with van der Waals surface area (Å²) in [6.07, 6.45) is 4.30. The first kappa shape index (κ1) is 22.8. The normalized spacial score (nSPS) is 10.9. The highest BCUT2D eigenvalue weighted by Gasteiger charge is 2.19. The van der Waals surface area contributed by atoms with Crippen LogP contribution in [0, 0.1) is 0 Å². The number of rotatable bonds is 10. The third-order valence-corrected chi connectivity index (χ3v) is 4.23. The zero-order chi connectivity index (χ0) is 23.1. The molecule has 7 nitrogen and oxygen atoms in total. The van der Waals surface area contributed by atoms with Crippen molar-refractivity contribution in [1.82, 2.24) is 9.97 Å². The van der Waals surface area contributed by atoms with Gasteiger partial charge in [-0.3, -0.25) is 4.79 Å². The molecule has 3 rings (SSSR count). The molecule has 0 atom stereocenters. The number of anilines is 2. The Balaban J connectivity index is 2.01. The van der Waals surface area contributed by atoms with Gasteiger partial charge in [-0.05, 0) is 29.8 Å². The monoisotopic (exact) mass is 451 g/mol. The standard InChI is InChI=1S/C21H17F4N3O4/c22-20(23)31-17-6-5-16(8-18(17)32-21(24)25)28(11-14-9-26-12-27-10-14)15-3-1-13(2-4-15)7-19(29)30/h1-6,8-10,12,20-21H,7,11H2,(H,29,30). The summed E-state index contributed by atoms with van der Waals surface area (Å²) in [5, 5.41) is 8.94. The lowest BCUT2D eigenvalue weighted by Gasteiger charge is -2.26. The van der Waals surface area contributed by atoms with E-state index in [0.717, 1.165) is 12.1 Å². The summed E-state index contributed by atoms with van der Waals surface area (Å²) in [6, 6.07) is 10.2. The lowest BCUT2D eigenvalue weighted by molar-refractivity contribution is -0.136. The van der Waals surface area contributed by atoms with E-state index in [9.17, 15) is 22.4 Å². The zero-order valence-electron chi connectivity index (χ0n) is 16.4. The van der Waals surface area contributed by atoms with E-state index in [1.54, 1.807) is 41.6 Å². The number of aliphatic carboxylic acids is 1. The third-order valence-electron chi connectivity index (χ3n) is 4.23. The van der Waals surface area contributed by atoms with Gasteiger partial charge in [0.25, 0.3) is 0 Å². The van der Waals surface area contributed by atoms with Gasteiger partial charge in [-0.25, -0.2) is 9.97 Å². The van der Waals surface area contributed by atoms with Crippen molar-refractivity contribution in [2.45, 2.75) is 26.2 Å². The first-order valence-corrected chi connectivity index (χ1v) is 9.17. The maximum Gasteiger partial charge on any atom is 0.387 e. The molecule has 1 heterocycles. The number of carbonyl (C=O) groups is 1. The van der Waals surface area contributed by atoms with Crippen LogP contribution >= 0.6 is 0 Å². The third kappa shape index (κ3) is 6.30. The first-order valence-electron chi connectivity index (χ1n) is 9.17. The molecular formula is C21H17F4N3O4. The topological polar surface area (TPSA) is 84.8 Å². The smallest absolute Gasteiger partial charge is 0.387 e. The fourth-order valence-corrected chi connectivity index (χ4v) is 2.94. The van der Waals surface area contributed by atoms with Gasteiger partial charge in [-0.15, -0.1) is 0 Å². The molecule has 11 heteroatoms. The molecule has 1 N–H and O–H groups in total. The van der Waals surface area contributed by atoms with E-state index in [1.807, 2.05) is 0 Å². The molecule has 0 saturated heterocycles. The van der Waals surface area contributed by atoms with Gasteiger partial charge in [0.2, 0.25) is 0 Å². The number of hydrogen-bond donors (Lipinski definition) is 1. The summed E-state index contributed by atoms with van der Waals surface area (Å²) < 4.78 is 59.6. The van der Waals surface area contributed by atoms with Crippen LogP contribution in [0.2, 0.25) is 0 Å². The Morgan fingerprint density at radius 3 is 2.06 bits per heavy atom. The van der Waals surface area contributed by atoms with Crippen LogP contribution in [0.5, 0.6) is 11.5 Å². The number of ether oxygens (including phenoxy) is 2. The molecule has 0 unspecified atom stereocenters. The van der Waals surface area contributed by atoms with Crippen molar-refractivity contribution in [3.63, 3.8) is 0 Å². The van der Waals surface area contributed by atoms with E-state index in [0.29, 0.717) is 22.5 Å². The predicted octanol–water partition coefficient (Wildman–Crippen LogP) is 4.64. The second-order valence-corrected chi connectivity index (χ2v) is 6.46. The average Bonchev–Trinajstić information content (AvgIpc) is 2.74. The van der Waals surface area contributed by atoms with E-state index in [2.05, 4.69) is 19.4 Å². The Hall–Kier alpha value is -3.89. The second kappa shape index (κ2) is 10.4. The fraction of sp³-hybridized carbons (Fsp3) is 0.190. The minimum absolute atomic E-state index is 0.168. The number of alkyl halides is 4. The zero-order valence-corrected chi connectivity index (χ0v) is 16.4. The predicted molar refractivity (Wildman–Crippen MR) is 105 cm³/mol. The maximum absolute atomic E-state index is 12.8. The molecular weight excluding hydrogens is 434 g/mol. The fourth-order valence-electron chi connectivity index (χ4n) is 2.94. The largest absolute Gasteiger partial charge is 0.481 e. The molecule has 0 saturated carbocycles. The summed E-state index contributed by atoms with van der Waals surface area (Å²) in [7, 11) is 0. The Bertz CT molecular complexity index is 1040. The van der Waals surface area contributed by atoms with Gasteiger partial charge in [0, 0.05) is 35.4 Å². The Morgan fingerprint density at radius 1 is 0.875 bits per heavy atom. The van der Waals surface area contributed by atoms with E-state index in [1.165, 1.54) is 12.4 Å². The number of halogens is 4. The number of aromatic nitrogens is 2. The summed E-state index contributed by atoms with van der Waals surface area (Å²) >= 11 is 0. The van der Waals surface area contributed by atoms with Gasteiger partial charge in [0.1, 0.15) is 6.33 Å². The highest BCUT2D eigenvalue weighted by molar-refractivity contribution is 5.71.